The number of hydrogen-bond donors (Lipinski definition) is 2. The second-order valence-electron chi connectivity index (χ2n) is 5.45. The molecule has 0 unspecified atom stereocenters. The number of aryl methyl sites for hydroxylation is 1. The van der Waals surface area contributed by atoms with Crippen molar-refractivity contribution < 1.29 is 17.6 Å². The smallest absolute Gasteiger partial charge is 0.240 e. The predicted octanol–water partition coefficient (Wildman–Crippen LogP) is 2.08. The average Bonchev–Trinajstić information content (AvgIpc) is 2.94. The van der Waals surface area contributed by atoms with E-state index >= 15 is 0 Å². The van der Waals surface area contributed by atoms with E-state index < -0.39 is 10.0 Å². The number of amides is 1. The summed E-state index contributed by atoms with van der Waals surface area (Å²) < 4.78 is 32.5. The molecule has 3 rings (SSSR count). The zero-order valence-corrected chi connectivity index (χ0v) is 13.4. The number of anilines is 1. The van der Waals surface area contributed by atoms with Crippen LogP contribution in [0.5, 0.6) is 0 Å². The molecule has 0 saturated heterocycles. The van der Waals surface area contributed by atoms with Gasteiger partial charge in [0.15, 0.2) is 0 Å². The van der Waals surface area contributed by atoms with Gasteiger partial charge in [0.1, 0.15) is 5.76 Å². The molecule has 0 bridgehead atoms. The van der Waals surface area contributed by atoms with E-state index in [1.54, 1.807) is 30.5 Å². The van der Waals surface area contributed by atoms with Crippen molar-refractivity contribution in [3.8, 4) is 0 Å². The van der Waals surface area contributed by atoms with Crippen molar-refractivity contribution in [3.63, 3.8) is 0 Å². The highest BCUT2D eigenvalue weighted by Crippen LogP contribution is 2.25. The Morgan fingerprint density at radius 2 is 2.09 bits per heavy atom. The molecule has 1 amide bonds. The SMILES string of the molecule is O=C1CCCc2cc(S(=O)(=O)NCCc3ccco3)ccc2N1. The fraction of sp³-hybridized carbons (Fsp3) is 0.312. The largest absolute Gasteiger partial charge is 0.469 e. The van der Waals surface area contributed by atoms with Crippen LogP contribution >= 0.6 is 0 Å². The molecule has 1 aromatic heterocycles. The van der Waals surface area contributed by atoms with Gasteiger partial charge in [-0.3, -0.25) is 4.79 Å². The Hall–Kier alpha value is -2.12. The fourth-order valence-electron chi connectivity index (χ4n) is 2.56. The standard InChI is InChI=1S/C16H18N2O4S/c19-16-5-1-3-12-11-14(6-7-15(12)18-16)23(20,21)17-9-8-13-4-2-10-22-13/h2,4,6-7,10-11,17H,1,3,5,8-9H2,(H,18,19). The minimum atomic E-state index is -3.58. The molecule has 0 atom stereocenters. The third-order valence-electron chi connectivity index (χ3n) is 3.75. The molecule has 2 aromatic rings. The number of hydrogen-bond acceptors (Lipinski definition) is 4. The molecule has 2 N–H and O–H groups in total. The topological polar surface area (TPSA) is 88.4 Å². The van der Waals surface area contributed by atoms with Crippen molar-refractivity contribution in [1.29, 1.82) is 0 Å². The summed E-state index contributed by atoms with van der Waals surface area (Å²) in [5, 5.41) is 2.80. The van der Waals surface area contributed by atoms with Crippen LogP contribution < -0.4 is 10.0 Å². The molecule has 1 aliphatic heterocycles. The molecule has 1 aromatic carbocycles. The van der Waals surface area contributed by atoms with Gasteiger partial charge >= 0.3 is 0 Å². The van der Waals surface area contributed by atoms with Gasteiger partial charge in [0.25, 0.3) is 0 Å². The maximum absolute atomic E-state index is 12.4. The summed E-state index contributed by atoms with van der Waals surface area (Å²) in [6, 6.07) is 8.37. The van der Waals surface area contributed by atoms with Gasteiger partial charge in [-0.2, -0.15) is 0 Å². The van der Waals surface area contributed by atoms with E-state index in [0.717, 1.165) is 11.3 Å². The Kier molecular flexibility index (Phi) is 4.49. The van der Waals surface area contributed by atoms with E-state index in [2.05, 4.69) is 10.0 Å². The first-order chi connectivity index (χ1) is 11.0. The number of sulfonamides is 1. The number of carbonyl (C=O) groups excluding carboxylic acids is 1. The van der Waals surface area contributed by atoms with Crippen LogP contribution in [-0.4, -0.2) is 20.9 Å². The molecular weight excluding hydrogens is 316 g/mol. The monoisotopic (exact) mass is 334 g/mol. The lowest BCUT2D eigenvalue weighted by molar-refractivity contribution is -0.116. The van der Waals surface area contributed by atoms with Crippen molar-refractivity contribution in [1.82, 2.24) is 4.72 Å². The Balaban J connectivity index is 1.72. The van der Waals surface area contributed by atoms with Crippen LogP contribution in [0, 0.1) is 0 Å². The number of benzene rings is 1. The predicted molar refractivity (Wildman–Crippen MR) is 85.6 cm³/mol. The number of fused-ring (bicyclic) bond motifs is 1. The summed E-state index contributed by atoms with van der Waals surface area (Å²) in [7, 11) is -3.58. The summed E-state index contributed by atoms with van der Waals surface area (Å²) in [4.78, 5) is 11.7. The minimum Gasteiger partial charge on any atom is -0.469 e. The molecule has 1 aliphatic rings. The summed E-state index contributed by atoms with van der Waals surface area (Å²) in [5.41, 5.74) is 1.55. The van der Waals surface area contributed by atoms with Crippen LogP contribution in [0.15, 0.2) is 45.9 Å². The van der Waals surface area contributed by atoms with Gasteiger partial charge in [-0.25, -0.2) is 13.1 Å². The number of carbonyl (C=O) groups is 1. The van der Waals surface area contributed by atoms with Gasteiger partial charge in [-0.15, -0.1) is 0 Å². The second kappa shape index (κ2) is 6.55. The van der Waals surface area contributed by atoms with Crippen molar-refractivity contribution in [2.24, 2.45) is 0 Å². The van der Waals surface area contributed by atoms with E-state index in [9.17, 15) is 13.2 Å². The first-order valence-corrected chi connectivity index (χ1v) is 8.98. The summed E-state index contributed by atoms with van der Waals surface area (Å²) in [6.45, 7) is 0.268. The maximum atomic E-state index is 12.4. The summed E-state index contributed by atoms with van der Waals surface area (Å²) in [6.07, 6.45) is 3.91. The van der Waals surface area contributed by atoms with Crippen LogP contribution in [0.2, 0.25) is 0 Å². The molecule has 122 valence electrons. The average molecular weight is 334 g/mol. The minimum absolute atomic E-state index is 0.0315. The molecule has 2 heterocycles. The van der Waals surface area contributed by atoms with Crippen LogP contribution in [0.4, 0.5) is 5.69 Å². The van der Waals surface area contributed by atoms with Gasteiger partial charge < -0.3 is 9.73 Å². The molecule has 6 nitrogen and oxygen atoms in total. The van der Waals surface area contributed by atoms with Crippen LogP contribution in [0.25, 0.3) is 0 Å². The third kappa shape index (κ3) is 3.80. The first-order valence-electron chi connectivity index (χ1n) is 7.49. The molecule has 0 saturated carbocycles. The van der Waals surface area contributed by atoms with Crippen LogP contribution in [0.1, 0.15) is 24.2 Å². The highest BCUT2D eigenvalue weighted by atomic mass is 32.2. The first kappa shape index (κ1) is 15.8. The van der Waals surface area contributed by atoms with Gasteiger partial charge in [0.2, 0.25) is 15.9 Å². The molecule has 23 heavy (non-hydrogen) atoms. The van der Waals surface area contributed by atoms with Crippen LogP contribution in [-0.2, 0) is 27.7 Å². The number of furan rings is 1. The molecular formula is C16H18N2O4S. The second-order valence-corrected chi connectivity index (χ2v) is 7.21. The van der Waals surface area contributed by atoms with E-state index in [0.29, 0.717) is 31.4 Å². The fourth-order valence-corrected chi connectivity index (χ4v) is 3.65. The highest BCUT2D eigenvalue weighted by molar-refractivity contribution is 7.89. The lowest BCUT2D eigenvalue weighted by Gasteiger charge is -2.10. The quantitative estimate of drug-likeness (QED) is 0.876. The lowest BCUT2D eigenvalue weighted by Crippen LogP contribution is -2.26. The highest BCUT2D eigenvalue weighted by Gasteiger charge is 2.18. The Labute approximate surface area is 134 Å². The van der Waals surface area contributed by atoms with Gasteiger partial charge in [0.05, 0.1) is 11.2 Å². The zero-order valence-electron chi connectivity index (χ0n) is 12.5. The number of rotatable bonds is 5. The Morgan fingerprint density at radius 3 is 2.87 bits per heavy atom. The number of nitrogens with one attached hydrogen (secondary N) is 2. The van der Waals surface area contributed by atoms with Gasteiger partial charge in [-0.1, -0.05) is 0 Å². The van der Waals surface area contributed by atoms with E-state index in [1.807, 2.05) is 0 Å². The van der Waals surface area contributed by atoms with Crippen molar-refractivity contribution in [2.75, 3.05) is 11.9 Å². The van der Waals surface area contributed by atoms with E-state index in [4.69, 9.17) is 4.42 Å². The normalized spacial score (nSPS) is 14.9. The summed E-state index contributed by atoms with van der Waals surface area (Å²) >= 11 is 0. The van der Waals surface area contributed by atoms with Crippen molar-refractivity contribution >= 4 is 21.6 Å². The summed E-state index contributed by atoms with van der Waals surface area (Å²) in [5.74, 6) is 0.702. The van der Waals surface area contributed by atoms with E-state index in [-0.39, 0.29) is 17.3 Å². The zero-order chi connectivity index (χ0) is 16.3. The maximum Gasteiger partial charge on any atom is 0.240 e. The van der Waals surface area contributed by atoms with Gasteiger partial charge in [-0.05, 0) is 48.7 Å². The molecule has 0 fully saturated rings. The molecule has 0 spiro atoms. The Bertz CT molecular complexity index is 797. The van der Waals surface area contributed by atoms with Crippen LogP contribution in [0.3, 0.4) is 0 Å². The van der Waals surface area contributed by atoms with Gasteiger partial charge in [0, 0.05) is 25.1 Å². The molecule has 0 aliphatic carbocycles. The van der Waals surface area contributed by atoms with Crippen molar-refractivity contribution in [3.05, 3.63) is 47.9 Å². The third-order valence-corrected chi connectivity index (χ3v) is 5.21. The van der Waals surface area contributed by atoms with Crippen molar-refractivity contribution in [2.45, 2.75) is 30.6 Å². The molecule has 0 radical (unpaired) electrons. The molecule has 7 heteroatoms. The lowest BCUT2D eigenvalue weighted by atomic mass is 10.1. The van der Waals surface area contributed by atoms with E-state index in [1.165, 1.54) is 6.07 Å². The Morgan fingerprint density at radius 1 is 1.22 bits per heavy atom.